The molecule has 5 amide bonds. The van der Waals surface area contributed by atoms with E-state index in [-0.39, 0.29) is 68.2 Å². The molecule has 2 unspecified atom stereocenters. The molecule has 12 nitrogen and oxygen atoms in total. The summed E-state index contributed by atoms with van der Waals surface area (Å²) >= 11 is 0. The molecule has 0 aromatic rings. The predicted octanol–water partition coefficient (Wildman–Crippen LogP) is 9.61. The molecule has 0 saturated heterocycles. The second-order valence-electron chi connectivity index (χ2n) is 18.8. The second-order valence-corrected chi connectivity index (χ2v) is 18.8. The van der Waals surface area contributed by atoms with Crippen LogP contribution in [0.4, 0.5) is 0 Å². The average Bonchev–Trinajstić information content (AvgIpc) is 3.28. The smallest absolute Gasteiger partial charge is 0.242 e. The molecule has 0 heterocycles. The quantitative estimate of drug-likeness (QED) is 0.0513. The van der Waals surface area contributed by atoms with Crippen LogP contribution in [0.3, 0.4) is 0 Å². The number of nitrogens with one attached hydrogen (secondary N) is 1. The van der Waals surface area contributed by atoms with Crippen molar-refractivity contribution in [1.29, 1.82) is 0 Å². The van der Waals surface area contributed by atoms with Crippen LogP contribution in [0.15, 0.2) is 0 Å². The van der Waals surface area contributed by atoms with Crippen LogP contribution in [0.1, 0.15) is 221 Å². The van der Waals surface area contributed by atoms with Crippen LogP contribution < -0.4 is 16.8 Å². The Morgan fingerprint density at radius 3 is 1.11 bits per heavy atom. The third-order valence-electron chi connectivity index (χ3n) is 12.9. The van der Waals surface area contributed by atoms with Crippen LogP contribution in [0.25, 0.3) is 0 Å². The minimum absolute atomic E-state index is 0.0992. The molecule has 0 aliphatic carbocycles. The van der Waals surface area contributed by atoms with E-state index in [9.17, 15) is 24.0 Å². The van der Waals surface area contributed by atoms with Crippen molar-refractivity contribution in [1.82, 2.24) is 24.9 Å². The van der Waals surface area contributed by atoms with E-state index in [1.165, 1.54) is 83.5 Å². The fraction of sp³-hybridized carbons (Fsp3) is 0.904. The zero-order chi connectivity index (χ0) is 47.6. The van der Waals surface area contributed by atoms with Gasteiger partial charge in [0.15, 0.2) is 0 Å². The van der Waals surface area contributed by atoms with Crippen molar-refractivity contribution < 1.29 is 24.0 Å². The molecule has 0 fully saturated rings. The number of carbonyl (C=O) groups excluding carboxylic acids is 5. The van der Waals surface area contributed by atoms with Gasteiger partial charge in [-0.15, -0.1) is 0 Å². The number of rotatable bonds is 46. The highest BCUT2D eigenvalue weighted by Gasteiger charge is 2.29. The first-order chi connectivity index (χ1) is 31.0. The number of hydrogen-bond donors (Lipinski definition) is 3. The highest BCUT2D eigenvalue weighted by Crippen LogP contribution is 2.18. The molecular weight excluding hydrogens is 803 g/mol. The van der Waals surface area contributed by atoms with Crippen LogP contribution in [0.5, 0.6) is 0 Å². The summed E-state index contributed by atoms with van der Waals surface area (Å²) in [6, 6.07) is 0. The SMILES string of the molecule is CCCCCCCCCCCCN(CC(=O)N(CC(=O)N(CCCCCCCCCCCC)CC(=O)N(CC(N)=O)CC(CC)CCCC)CC(CC)CCCC)C(=O)CNCCN. The van der Waals surface area contributed by atoms with Crippen molar-refractivity contribution in [2.24, 2.45) is 23.3 Å². The fourth-order valence-electron chi connectivity index (χ4n) is 8.52. The van der Waals surface area contributed by atoms with E-state index < -0.39 is 5.91 Å². The highest BCUT2D eigenvalue weighted by molar-refractivity contribution is 5.91. The van der Waals surface area contributed by atoms with E-state index in [4.69, 9.17) is 11.5 Å². The molecule has 0 aliphatic rings. The van der Waals surface area contributed by atoms with E-state index in [0.29, 0.717) is 39.3 Å². The third-order valence-corrected chi connectivity index (χ3v) is 12.9. The Bertz CT molecular complexity index is 1170. The molecule has 12 heteroatoms. The first kappa shape index (κ1) is 61.3. The van der Waals surface area contributed by atoms with Gasteiger partial charge in [0.2, 0.25) is 29.5 Å². The van der Waals surface area contributed by atoms with E-state index in [1.54, 1.807) is 19.6 Å². The molecule has 0 spiro atoms. The summed E-state index contributed by atoms with van der Waals surface area (Å²) in [5, 5.41) is 3.11. The molecular formula is C52H103N7O5. The van der Waals surface area contributed by atoms with Crippen LogP contribution >= 0.6 is 0 Å². The first-order valence-electron chi connectivity index (χ1n) is 26.8. The second kappa shape index (κ2) is 42.9. The summed E-state index contributed by atoms with van der Waals surface area (Å²) in [4.78, 5) is 75.5. The molecule has 0 rings (SSSR count). The summed E-state index contributed by atoms with van der Waals surface area (Å²) < 4.78 is 0. The number of unbranched alkanes of at least 4 members (excludes halogenated alkanes) is 20. The first-order valence-corrected chi connectivity index (χ1v) is 26.8. The zero-order valence-corrected chi connectivity index (χ0v) is 42.7. The zero-order valence-electron chi connectivity index (χ0n) is 42.7. The van der Waals surface area contributed by atoms with Gasteiger partial charge in [-0.3, -0.25) is 24.0 Å². The van der Waals surface area contributed by atoms with Crippen molar-refractivity contribution in [2.75, 3.05) is 72.0 Å². The van der Waals surface area contributed by atoms with Crippen molar-refractivity contribution in [3.63, 3.8) is 0 Å². The maximum atomic E-state index is 14.6. The number of amides is 5. The summed E-state index contributed by atoms with van der Waals surface area (Å²) in [6.07, 6.45) is 31.0. The van der Waals surface area contributed by atoms with Crippen molar-refractivity contribution >= 4 is 29.5 Å². The summed E-state index contributed by atoms with van der Waals surface area (Å²) in [6.45, 7) is 15.1. The molecule has 0 saturated carbocycles. The average molecular weight is 906 g/mol. The van der Waals surface area contributed by atoms with Gasteiger partial charge in [-0.2, -0.15) is 0 Å². The van der Waals surface area contributed by atoms with Crippen LogP contribution in [-0.2, 0) is 24.0 Å². The molecule has 0 aromatic carbocycles. The van der Waals surface area contributed by atoms with E-state index >= 15 is 0 Å². The largest absolute Gasteiger partial charge is 0.368 e. The van der Waals surface area contributed by atoms with Crippen LogP contribution in [-0.4, -0.2) is 121 Å². The molecule has 0 aliphatic heterocycles. The minimum Gasteiger partial charge on any atom is -0.368 e. The van der Waals surface area contributed by atoms with Gasteiger partial charge in [0, 0.05) is 39.3 Å². The lowest BCUT2D eigenvalue weighted by Gasteiger charge is -2.33. The number of hydrogen-bond acceptors (Lipinski definition) is 7. The molecule has 2 atom stereocenters. The Labute approximate surface area is 393 Å². The molecule has 64 heavy (non-hydrogen) atoms. The lowest BCUT2D eigenvalue weighted by atomic mass is 9.98. The van der Waals surface area contributed by atoms with E-state index in [2.05, 4.69) is 46.9 Å². The third kappa shape index (κ3) is 32.8. The maximum absolute atomic E-state index is 14.6. The summed E-state index contributed by atoms with van der Waals surface area (Å²) in [5.41, 5.74) is 11.4. The fourth-order valence-corrected chi connectivity index (χ4v) is 8.52. The Balaban J connectivity index is 6.33. The topological polar surface area (TPSA) is 162 Å². The lowest BCUT2D eigenvalue weighted by Crippen LogP contribution is -2.52. The normalized spacial score (nSPS) is 12.2. The van der Waals surface area contributed by atoms with Gasteiger partial charge in [-0.25, -0.2) is 0 Å². The summed E-state index contributed by atoms with van der Waals surface area (Å²) in [5.74, 6) is -1.11. The summed E-state index contributed by atoms with van der Waals surface area (Å²) in [7, 11) is 0. The van der Waals surface area contributed by atoms with Gasteiger partial charge >= 0.3 is 0 Å². The monoisotopic (exact) mass is 906 g/mol. The Morgan fingerprint density at radius 2 is 0.750 bits per heavy atom. The minimum atomic E-state index is -0.573. The van der Waals surface area contributed by atoms with Gasteiger partial charge < -0.3 is 36.4 Å². The van der Waals surface area contributed by atoms with Gasteiger partial charge in [0.1, 0.15) is 0 Å². The van der Waals surface area contributed by atoms with Gasteiger partial charge in [0.05, 0.1) is 32.7 Å². The molecule has 0 bridgehead atoms. The molecule has 5 N–H and O–H groups in total. The Morgan fingerprint density at radius 1 is 0.422 bits per heavy atom. The van der Waals surface area contributed by atoms with Crippen LogP contribution in [0.2, 0.25) is 0 Å². The van der Waals surface area contributed by atoms with Crippen molar-refractivity contribution in [3.8, 4) is 0 Å². The molecule has 0 aromatic heterocycles. The Hall–Kier alpha value is -2.73. The number of carbonyl (C=O) groups is 5. The van der Waals surface area contributed by atoms with Crippen molar-refractivity contribution in [3.05, 3.63) is 0 Å². The lowest BCUT2D eigenvalue weighted by molar-refractivity contribution is -0.147. The van der Waals surface area contributed by atoms with E-state index in [1.807, 2.05) is 0 Å². The number of nitrogens with zero attached hydrogens (tertiary/aromatic N) is 4. The standard InChI is InChI=1S/C52H103N7O5/c1-7-13-17-19-21-23-25-27-29-31-37-56(49(61)39-55-36-35-53)43-52(64)59(41-47(12-6)34-16-10-4)45-50(62)57(38-32-30-28-26-24-22-20-18-14-8-2)44-51(63)58(42-48(54)60)40-46(11-5)33-15-9-3/h46-47,55H,7-45,53H2,1-6H3,(H2,54,60). The highest BCUT2D eigenvalue weighted by atomic mass is 16.2. The van der Waals surface area contributed by atoms with Gasteiger partial charge in [0.25, 0.3) is 0 Å². The molecule has 0 radical (unpaired) electrons. The van der Waals surface area contributed by atoms with Gasteiger partial charge in [-0.05, 0) is 37.5 Å². The molecule has 376 valence electrons. The van der Waals surface area contributed by atoms with E-state index in [0.717, 1.165) is 96.3 Å². The van der Waals surface area contributed by atoms with Gasteiger partial charge in [-0.1, -0.05) is 196 Å². The Kier molecular flexibility index (Phi) is 41.0. The number of nitrogens with two attached hydrogens (primary N) is 2. The maximum Gasteiger partial charge on any atom is 0.242 e. The number of primary amides is 1. The van der Waals surface area contributed by atoms with Crippen LogP contribution in [0, 0.1) is 11.8 Å². The predicted molar refractivity (Wildman–Crippen MR) is 268 cm³/mol. The van der Waals surface area contributed by atoms with Crippen molar-refractivity contribution in [2.45, 2.75) is 221 Å².